The van der Waals surface area contributed by atoms with Crippen molar-refractivity contribution in [1.82, 2.24) is 5.32 Å². The van der Waals surface area contributed by atoms with Gasteiger partial charge in [-0.15, -0.1) is 0 Å². The van der Waals surface area contributed by atoms with Crippen LogP contribution in [0.25, 0.3) is 0 Å². The van der Waals surface area contributed by atoms with Gasteiger partial charge in [0.1, 0.15) is 18.2 Å². The molecule has 0 bridgehead atoms. The van der Waals surface area contributed by atoms with Gasteiger partial charge < -0.3 is 10.4 Å². The first-order valence-electron chi connectivity index (χ1n) is 4.68. The molecule has 0 saturated carbocycles. The maximum atomic E-state index is 13.2. The summed E-state index contributed by atoms with van der Waals surface area (Å²) < 4.78 is 51.5. The van der Waals surface area contributed by atoms with Gasteiger partial charge in [0.2, 0.25) is 0 Å². The van der Waals surface area contributed by atoms with Crippen LogP contribution in [-0.2, 0) is 0 Å². The third-order valence-electron chi connectivity index (χ3n) is 1.99. The third kappa shape index (κ3) is 3.58. The zero-order valence-corrected chi connectivity index (χ0v) is 9.57. The molecule has 0 radical (unpaired) electrons. The van der Waals surface area contributed by atoms with E-state index in [2.05, 4.69) is 0 Å². The maximum Gasteiger partial charge on any atom is 0.287 e. The van der Waals surface area contributed by atoms with Crippen molar-refractivity contribution in [2.45, 2.75) is 5.92 Å². The minimum Gasteiger partial charge on any atom is -0.390 e. The minimum absolute atomic E-state index is 0.504. The number of aliphatic hydroxyl groups is 1. The fourth-order valence-corrected chi connectivity index (χ4v) is 1.21. The molecule has 1 aromatic carbocycles. The van der Waals surface area contributed by atoms with E-state index >= 15 is 0 Å². The minimum atomic E-state index is -3.53. The van der Waals surface area contributed by atoms with E-state index in [9.17, 15) is 22.4 Å². The molecule has 18 heavy (non-hydrogen) atoms. The van der Waals surface area contributed by atoms with Crippen LogP contribution in [0, 0.1) is 11.6 Å². The molecule has 1 aromatic rings. The summed E-state index contributed by atoms with van der Waals surface area (Å²) in [4.78, 5) is 11.3. The van der Waals surface area contributed by atoms with Gasteiger partial charge in [-0.2, -0.15) is 0 Å². The predicted octanol–water partition coefficient (Wildman–Crippen LogP) is 1.98. The molecule has 1 rings (SSSR count). The Bertz CT molecular complexity index is 467. The quantitative estimate of drug-likeness (QED) is 0.656. The number of amides is 1. The van der Waals surface area contributed by atoms with Crippen LogP contribution < -0.4 is 5.32 Å². The molecule has 0 aliphatic carbocycles. The summed E-state index contributed by atoms with van der Waals surface area (Å²) in [5.74, 6) is -6.93. The molecule has 0 atom stereocenters. The third-order valence-corrected chi connectivity index (χ3v) is 2.28. The molecule has 0 saturated heterocycles. The van der Waals surface area contributed by atoms with Crippen LogP contribution >= 0.6 is 11.6 Å². The van der Waals surface area contributed by atoms with Crippen molar-refractivity contribution in [2.75, 3.05) is 13.2 Å². The van der Waals surface area contributed by atoms with Crippen molar-refractivity contribution in [3.63, 3.8) is 0 Å². The highest BCUT2D eigenvalue weighted by molar-refractivity contribution is 6.30. The summed E-state index contributed by atoms with van der Waals surface area (Å²) >= 11 is 5.26. The number of nitrogens with one attached hydrogen (secondary N) is 1. The molecule has 0 unspecified atom stereocenters. The van der Waals surface area contributed by atoms with Crippen LogP contribution in [0.3, 0.4) is 0 Å². The Hall–Kier alpha value is -1.34. The molecule has 0 spiro atoms. The number of hydrogen-bond acceptors (Lipinski definition) is 2. The second-order valence-corrected chi connectivity index (χ2v) is 3.85. The molecular formula is C10H8ClF4NO2. The van der Waals surface area contributed by atoms with E-state index in [4.69, 9.17) is 16.7 Å². The number of halogens is 5. The predicted molar refractivity (Wildman–Crippen MR) is 55.7 cm³/mol. The van der Waals surface area contributed by atoms with Crippen molar-refractivity contribution < 1.29 is 27.5 Å². The van der Waals surface area contributed by atoms with Crippen molar-refractivity contribution in [2.24, 2.45) is 0 Å². The number of alkyl halides is 2. The molecule has 1 amide bonds. The number of hydrogen-bond donors (Lipinski definition) is 2. The maximum absolute atomic E-state index is 13.2. The summed E-state index contributed by atoms with van der Waals surface area (Å²) in [7, 11) is 0. The lowest BCUT2D eigenvalue weighted by Crippen LogP contribution is -2.39. The van der Waals surface area contributed by atoms with Crippen molar-refractivity contribution in [1.29, 1.82) is 0 Å². The smallest absolute Gasteiger partial charge is 0.287 e. The van der Waals surface area contributed by atoms with Crippen LogP contribution in [0.5, 0.6) is 0 Å². The Labute approximate surface area is 104 Å². The standard InChI is InChI=1S/C10H8ClF4NO2/c11-6-2-7(12)5(1-8(6)13)9(18)16-3-10(14,15)4-17/h1-2,17H,3-4H2,(H,16,18). The lowest BCUT2D eigenvalue weighted by molar-refractivity contribution is -0.0462. The lowest BCUT2D eigenvalue weighted by Gasteiger charge is -2.14. The van der Waals surface area contributed by atoms with Gasteiger partial charge in [-0.1, -0.05) is 11.6 Å². The summed E-state index contributed by atoms with van der Waals surface area (Å²) in [5.41, 5.74) is -0.745. The molecule has 8 heteroatoms. The molecule has 100 valence electrons. The number of carbonyl (C=O) groups is 1. The van der Waals surface area contributed by atoms with E-state index in [0.717, 1.165) is 0 Å². The van der Waals surface area contributed by atoms with Gasteiger partial charge in [0, 0.05) is 0 Å². The second kappa shape index (κ2) is 5.53. The summed E-state index contributed by atoms with van der Waals surface area (Å²) in [6.07, 6.45) is 0. The average Bonchev–Trinajstić information content (AvgIpc) is 2.31. The first-order chi connectivity index (χ1) is 8.26. The highest BCUT2D eigenvalue weighted by Gasteiger charge is 2.29. The Morgan fingerprint density at radius 3 is 2.50 bits per heavy atom. The highest BCUT2D eigenvalue weighted by Crippen LogP contribution is 2.19. The molecule has 2 N–H and O–H groups in total. The highest BCUT2D eigenvalue weighted by atomic mass is 35.5. The fraction of sp³-hybridized carbons (Fsp3) is 0.300. The van der Waals surface area contributed by atoms with Crippen LogP contribution in [0.2, 0.25) is 5.02 Å². The first kappa shape index (κ1) is 14.7. The molecule has 3 nitrogen and oxygen atoms in total. The van der Waals surface area contributed by atoms with Gasteiger partial charge in [-0.05, 0) is 12.1 Å². The lowest BCUT2D eigenvalue weighted by atomic mass is 10.2. The Morgan fingerprint density at radius 1 is 1.33 bits per heavy atom. The van der Waals surface area contributed by atoms with E-state index in [1.54, 1.807) is 5.32 Å². The van der Waals surface area contributed by atoms with Gasteiger partial charge in [0.05, 0.1) is 17.1 Å². The van der Waals surface area contributed by atoms with E-state index in [1.165, 1.54) is 0 Å². The van der Waals surface area contributed by atoms with E-state index < -0.39 is 47.2 Å². The monoisotopic (exact) mass is 285 g/mol. The van der Waals surface area contributed by atoms with Crippen molar-refractivity contribution in [3.05, 3.63) is 34.4 Å². The van der Waals surface area contributed by atoms with Gasteiger partial charge >= 0.3 is 0 Å². The van der Waals surface area contributed by atoms with Crippen molar-refractivity contribution >= 4 is 17.5 Å². The van der Waals surface area contributed by atoms with Crippen LogP contribution in [0.4, 0.5) is 17.6 Å². The topological polar surface area (TPSA) is 49.3 Å². The molecule has 0 aliphatic heterocycles. The van der Waals surface area contributed by atoms with Crippen molar-refractivity contribution in [3.8, 4) is 0 Å². The molecule has 0 aliphatic rings. The largest absolute Gasteiger partial charge is 0.390 e. The molecule has 0 aromatic heterocycles. The number of benzene rings is 1. The molecular weight excluding hydrogens is 278 g/mol. The van der Waals surface area contributed by atoms with Crippen LogP contribution in [0.1, 0.15) is 10.4 Å². The Morgan fingerprint density at radius 2 is 1.94 bits per heavy atom. The Kier molecular flexibility index (Phi) is 4.53. The fourth-order valence-electron chi connectivity index (χ4n) is 1.06. The number of carbonyl (C=O) groups excluding carboxylic acids is 1. The molecule has 0 heterocycles. The number of aliphatic hydroxyl groups excluding tert-OH is 1. The summed E-state index contributed by atoms with van der Waals surface area (Å²) in [6, 6.07) is 1.07. The van der Waals surface area contributed by atoms with Crippen LogP contribution in [0.15, 0.2) is 12.1 Å². The number of rotatable bonds is 4. The Balaban J connectivity index is 2.82. The van der Waals surface area contributed by atoms with Crippen LogP contribution in [-0.4, -0.2) is 30.1 Å². The summed E-state index contributed by atoms with van der Waals surface area (Å²) in [6.45, 7) is -2.66. The second-order valence-electron chi connectivity index (χ2n) is 3.44. The molecule has 0 fully saturated rings. The van der Waals surface area contributed by atoms with Gasteiger partial charge in [-0.25, -0.2) is 17.6 Å². The first-order valence-corrected chi connectivity index (χ1v) is 5.06. The van der Waals surface area contributed by atoms with E-state index in [-0.39, 0.29) is 0 Å². The van der Waals surface area contributed by atoms with E-state index in [0.29, 0.717) is 12.1 Å². The van der Waals surface area contributed by atoms with Gasteiger partial charge in [0.25, 0.3) is 11.8 Å². The van der Waals surface area contributed by atoms with Gasteiger partial charge in [-0.3, -0.25) is 4.79 Å². The normalized spacial score (nSPS) is 11.4. The van der Waals surface area contributed by atoms with E-state index in [1.807, 2.05) is 0 Å². The average molecular weight is 286 g/mol. The van der Waals surface area contributed by atoms with Gasteiger partial charge in [0.15, 0.2) is 0 Å². The zero-order valence-electron chi connectivity index (χ0n) is 8.81. The summed E-state index contributed by atoms with van der Waals surface area (Å²) in [5, 5.41) is 9.42. The zero-order chi connectivity index (χ0) is 13.9. The SMILES string of the molecule is O=C(NCC(F)(F)CO)c1cc(F)c(Cl)cc1F.